The lowest BCUT2D eigenvalue weighted by Gasteiger charge is -2.17. The van der Waals surface area contributed by atoms with E-state index in [0.717, 1.165) is 4.90 Å². The summed E-state index contributed by atoms with van der Waals surface area (Å²) >= 11 is 0. The highest BCUT2D eigenvalue weighted by Crippen LogP contribution is 2.10. The minimum atomic E-state index is -0.556. The topological polar surface area (TPSA) is 70.1 Å². The lowest BCUT2D eigenvalue weighted by atomic mass is 10.3. The van der Waals surface area contributed by atoms with E-state index in [2.05, 4.69) is 4.74 Å². The van der Waals surface area contributed by atoms with Crippen molar-refractivity contribution in [2.24, 2.45) is 0 Å². The highest BCUT2D eigenvalue weighted by atomic mass is 16.6. The zero-order chi connectivity index (χ0) is 10.8. The molecule has 0 aliphatic carbocycles. The van der Waals surface area contributed by atoms with Crippen molar-refractivity contribution in [2.45, 2.75) is 12.5 Å². The third kappa shape index (κ3) is 2.27. The number of imide groups is 1. The molecule has 1 N–H and O–H groups in total. The number of hydrogen-bond donors (Lipinski definition) is 1. The average Bonchev–Trinajstić information content (AvgIpc) is 2.75. The minimum absolute atomic E-state index is 0.187. The Labute approximate surface area is 87.4 Å². The number of carbonyl (C=O) groups is 2. The van der Waals surface area contributed by atoms with Gasteiger partial charge in [0.2, 0.25) is 5.91 Å². The Morgan fingerprint density at radius 1 is 1.53 bits per heavy atom. The first-order valence-corrected chi connectivity index (χ1v) is 5.04. The molecule has 15 heavy (non-hydrogen) atoms. The summed E-state index contributed by atoms with van der Waals surface area (Å²) in [6, 6.07) is 0. The molecule has 0 bridgehead atoms. The monoisotopic (exact) mass is 214 g/mol. The quantitative estimate of drug-likeness (QED) is 0.640. The molecule has 0 unspecified atom stereocenters. The highest BCUT2D eigenvalue weighted by molar-refractivity contribution is 5.94. The van der Waals surface area contributed by atoms with Gasteiger partial charge in [-0.25, -0.2) is 9.69 Å². The lowest BCUT2D eigenvalue weighted by Crippen LogP contribution is -2.40. The van der Waals surface area contributed by atoms with E-state index in [4.69, 9.17) is 0 Å². The van der Waals surface area contributed by atoms with Gasteiger partial charge in [-0.05, 0) is 6.42 Å². The second-order valence-corrected chi connectivity index (χ2v) is 3.84. The molecule has 0 aromatic carbocycles. The van der Waals surface area contributed by atoms with E-state index in [0.29, 0.717) is 26.1 Å². The molecule has 2 heterocycles. The summed E-state index contributed by atoms with van der Waals surface area (Å²) in [5.74, 6) is -0.244. The fourth-order valence-electron chi connectivity index (χ4n) is 1.85. The van der Waals surface area contributed by atoms with Crippen molar-refractivity contribution in [3.05, 3.63) is 0 Å². The number of amides is 2. The summed E-state index contributed by atoms with van der Waals surface area (Å²) in [4.78, 5) is 25.7. The van der Waals surface area contributed by atoms with E-state index in [9.17, 15) is 14.7 Å². The summed E-state index contributed by atoms with van der Waals surface area (Å²) in [5.41, 5.74) is 0. The van der Waals surface area contributed by atoms with Crippen LogP contribution in [0.5, 0.6) is 0 Å². The van der Waals surface area contributed by atoms with Crippen LogP contribution in [0.4, 0.5) is 4.79 Å². The van der Waals surface area contributed by atoms with E-state index in [1.54, 1.807) is 0 Å². The Morgan fingerprint density at radius 2 is 2.33 bits per heavy atom. The van der Waals surface area contributed by atoms with Crippen molar-refractivity contribution in [3.63, 3.8) is 0 Å². The predicted octanol–water partition coefficient (Wildman–Crippen LogP) is -0.968. The number of ether oxygens (including phenoxy) is 1. The Hall–Kier alpha value is -1.14. The summed E-state index contributed by atoms with van der Waals surface area (Å²) in [7, 11) is 0. The Morgan fingerprint density at radius 3 is 2.87 bits per heavy atom. The minimum Gasteiger partial charge on any atom is -0.447 e. The number of cyclic esters (lactones) is 1. The van der Waals surface area contributed by atoms with Gasteiger partial charge < -0.3 is 9.84 Å². The van der Waals surface area contributed by atoms with Crippen LogP contribution in [0.25, 0.3) is 0 Å². The first kappa shape index (κ1) is 10.4. The van der Waals surface area contributed by atoms with Gasteiger partial charge in [0.25, 0.3) is 0 Å². The number of nitrogens with zero attached hydrogens (tertiary/aromatic N) is 2. The maximum absolute atomic E-state index is 11.6. The van der Waals surface area contributed by atoms with Crippen LogP contribution < -0.4 is 0 Å². The number of likely N-dealkylation sites (tertiary alicyclic amines) is 1. The van der Waals surface area contributed by atoms with E-state index >= 15 is 0 Å². The van der Waals surface area contributed by atoms with Crippen molar-refractivity contribution in [2.75, 3.05) is 32.8 Å². The van der Waals surface area contributed by atoms with Gasteiger partial charge in [-0.3, -0.25) is 9.69 Å². The zero-order valence-corrected chi connectivity index (χ0v) is 8.39. The van der Waals surface area contributed by atoms with E-state index in [-0.39, 0.29) is 25.2 Å². The molecule has 84 valence electrons. The SMILES string of the molecule is O=C(CN1CC[C@H](O)C1)N1CCOC1=O. The maximum atomic E-state index is 11.6. The number of β-amino-alcohol motifs (C(OH)–C–C–N with tert-alkyl or cyclic N) is 1. The van der Waals surface area contributed by atoms with Crippen molar-refractivity contribution < 1.29 is 19.4 Å². The maximum Gasteiger partial charge on any atom is 0.416 e. The largest absolute Gasteiger partial charge is 0.447 e. The first-order valence-electron chi connectivity index (χ1n) is 5.04. The van der Waals surface area contributed by atoms with E-state index in [1.807, 2.05) is 4.90 Å². The van der Waals surface area contributed by atoms with Crippen LogP contribution in [0.15, 0.2) is 0 Å². The zero-order valence-electron chi connectivity index (χ0n) is 8.39. The van der Waals surface area contributed by atoms with Gasteiger partial charge >= 0.3 is 6.09 Å². The molecule has 2 amide bonds. The smallest absolute Gasteiger partial charge is 0.416 e. The molecule has 0 aromatic heterocycles. The average molecular weight is 214 g/mol. The number of aliphatic hydroxyl groups excluding tert-OH is 1. The van der Waals surface area contributed by atoms with Gasteiger partial charge in [-0.1, -0.05) is 0 Å². The normalized spacial score (nSPS) is 27.1. The Kier molecular flexibility index (Phi) is 2.88. The second-order valence-electron chi connectivity index (χ2n) is 3.84. The lowest BCUT2D eigenvalue weighted by molar-refractivity contribution is -0.128. The standard InChI is InChI=1S/C9H14N2O4/c12-7-1-2-10(5-7)6-8(13)11-3-4-15-9(11)14/h7,12H,1-6H2/t7-/m0/s1. The highest BCUT2D eigenvalue weighted by Gasteiger charge is 2.31. The van der Waals surface area contributed by atoms with Gasteiger partial charge in [0, 0.05) is 13.1 Å². The molecule has 0 saturated carbocycles. The van der Waals surface area contributed by atoms with Gasteiger partial charge in [-0.15, -0.1) is 0 Å². The third-order valence-corrected chi connectivity index (χ3v) is 2.67. The fourth-order valence-corrected chi connectivity index (χ4v) is 1.85. The summed E-state index contributed by atoms with van der Waals surface area (Å²) in [6.45, 7) is 2.03. The molecule has 1 atom stereocenters. The Bertz CT molecular complexity index is 281. The summed E-state index contributed by atoms with van der Waals surface area (Å²) < 4.78 is 4.67. The molecule has 0 aromatic rings. The van der Waals surface area contributed by atoms with Crippen molar-refractivity contribution in [1.82, 2.24) is 9.80 Å². The predicted molar refractivity (Wildman–Crippen MR) is 50.1 cm³/mol. The van der Waals surface area contributed by atoms with Crippen LogP contribution in [-0.2, 0) is 9.53 Å². The van der Waals surface area contributed by atoms with E-state index < -0.39 is 6.09 Å². The molecule has 0 spiro atoms. The summed E-state index contributed by atoms with van der Waals surface area (Å²) in [5, 5.41) is 9.27. The molecular formula is C9H14N2O4. The van der Waals surface area contributed by atoms with E-state index in [1.165, 1.54) is 0 Å². The molecule has 2 aliphatic heterocycles. The van der Waals surface area contributed by atoms with Crippen LogP contribution in [0, 0.1) is 0 Å². The van der Waals surface area contributed by atoms with Crippen molar-refractivity contribution in [3.8, 4) is 0 Å². The molecular weight excluding hydrogens is 200 g/mol. The summed E-state index contributed by atoms with van der Waals surface area (Å²) in [6.07, 6.45) is -0.208. The van der Waals surface area contributed by atoms with Crippen LogP contribution in [0.3, 0.4) is 0 Å². The van der Waals surface area contributed by atoms with Gasteiger partial charge in [0.05, 0.1) is 19.2 Å². The van der Waals surface area contributed by atoms with Crippen molar-refractivity contribution >= 4 is 12.0 Å². The van der Waals surface area contributed by atoms with Gasteiger partial charge in [0.1, 0.15) is 6.61 Å². The van der Waals surface area contributed by atoms with Crippen molar-refractivity contribution in [1.29, 1.82) is 0 Å². The second kappa shape index (κ2) is 4.16. The molecule has 2 fully saturated rings. The molecule has 2 rings (SSSR count). The fraction of sp³-hybridized carbons (Fsp3) is 0.778. The van der Waals surface area contributed by atoms with Crippen LogP contribution in [-0.4, -0.2) is 65.8 Å². The van der Waals surface area contributed by atoms with Gasteiger partial charge in [-0.2, -0.15) is 0 Å². The third-order valence-electron chi connectivity index (χ3n) is 2.67. The molecule has 2 saturated heterocycles. The number of hydrogen-bond acceptors (Lipinski definition) is 5. The van der Waals surface area contributed by atoms with Crippen LogP contribution in [0.1, 0.15) is 6.42 Å². The van der Waals surface area contributed by atoms with Gasteiger partial charge in [0.15, 0.2) is 0 Å². The molecule has 2 aliphatic rings. The number of aliphatic hydroxyl groups is 1. The number of rotatable bonds is 2. The number of carbonyl (C=O) groups excluding carboxylic acids is 2. The molecule has 6 nitrogen and oxygen atoms in total. The Balaban J connectivity index is 1.84. The van der Waals surface area contributed by atoms with Crippen LogP contribution in [0.2, 0.25) is 0 Å². The van der Waals surface area contributed by atoms with Crippen LogP contribution >= 0.6 is 0 Å². The first-order chi connectivity index (χ1) is 7.16. The molecule has 6 heteroatoms. The molecule has 0 radical (unpaired) electrons.